The zero-order valence-electron chi connectivity index (χ0n) is 11.5. The third-order valence-electron chi connectivity index (χ3n) is 3.43. The minimum absolute atomic E-state index is 0.440. The predicted molar refractivity (Wildman–Crippen MR) is 80.9 cm³/mol. The second kappa shape index (κ2) is 5.67. The molecule has 2 aromatic heterocycles. The number of hydrogen-bond donors (Lipinski definition) is 0. The molecule has 0 bridgehead atoms. The van der Waals surface area contributed by atoms with Crippen molar-refractivity contribution >= 4 is 22.6 Å². The van der Waals surface area contributed by atoms with Gasteiger partial charge in [0.2, 0.25) is 0 Å². The van der Waals surface area contributed by atoms with Crippen LogP contribution in [0, 0.1) is 6.92 Å². The fourth-order valence-electron chi connectivity index (χ4n) is 2.46. The first kappa shape index (κ1) is 13.2. The van der Waals surface area contributed by atoms with Gasteiger partial charge in [-0.1, -0.05) is 6.07 Å². The van der Waals surface area contributed by atoms with Crippen LogP contribution in [0.5, 0.6) is 0 Å². The largest absolute Gasteiger partial charge is 0.327 e. The molecule has 0 amide bonds. The van der Waals surface area contributed by atoms with E-state index < -0.39 is 0 Å². The molecule has 3 rings (SSSR count). The quantitative estimate of drug-likeness (QED) is 0.675. The fourth-order valence-corrected chi connectivity index (χ4v) is 2.66. The molecule has 0 saturated heterocycles. The van der Waals surface area contributed by atoms with Gasteiger partial charge in [0, 0.05) is 25.5 Å². The summed E-state index contributed by atoms with van der Waals surface area (Å²) >= 11 is 6.02. The molecule has 1 aromatic carbocycles. The highest BCUT2D eigenvalue weighted by Crippen LogP contribution is 2.19. The molecule has 0 aliphatic carbocycles. The van der Waals surface area contributed by atoms with Crippen LogP contribution in [-0.4, -0.2) is 19.3 Å². The molecule has 0 N–H and O–H groups in total. The van der Waals surface area contributed by atoms with Gasteiger partial charge in [0.25, 0.3) is 0 Å². The summed E-state index contributed by atoms with van der Waals surface area (Å²) < 4.78 is 4.17. The van der Waals surface area contributed by atoms with E-state index >= 15 is 0 Å². The Balaban J connectivity index is 1.83. The van der Waals surface area contributed by atoms with Gasteiger partial charge in [-0.15, -0.1) is 11.6 Å². The highest BCUT2D eigenvalue weighted by molar-refractivity contribution is 6.16. The Morgan fingerprint density at radius 1 is 1.25 bits per heavy atom. The van der Waals surface area contributed by atoms with Crippen molar-refractivity contribution in [3.8, 4) is 0 Å². The molecule has 0 unspecified atom stereocenters. The maximum absolute atomic E-state index is 6.02. The summed E-state index contributed by atoms with van der Waals surface area (Å²) in [6.07, 6.45) is 4.80. The van der Waals surface area contributed by atoms with Gasteiger partial charge in [0.15, 0.2) is 0 Å². The molecule has 0 aliphatic heterocycles. The first-order chi connectivity index (χ1) is 9.78. The Morgan fingerprint density at radius 2 is 2.15 bits per heavy atom. The van der Waals surface area contributed by atoms with Crippen molar-refractivity contribution in [3.05, 3.63) is 48.0 Å². The van der Waals surface area contributed by atoms with Gasteiger partial charge in [-0.25, -0.2) is 4.98 Å². The van der Waals surface area contributed by atoms with Gasteiger partial charge in [-0.3, -0.25) is 4.68 Å². The number of imidazole rings is 1. The zero-order chi connectivity index (χ0) is 13.9. The number of hydrogen-bond acceptors (Lipinski definition) is 2. The van der Waals surface area contributed by atoms with Crippen LogP contribution in [0.25, 0.3) is 11.0 Å². The van der Waals surface area contributed by atoms with Crippen LogP contribution < -0.4 is 0 Å². The van der Waals surface area contributed by atoms with E-state index in [1.54, 1.807) is 6.20 Å². The molecule has 0 fully saturated rings. The average molecular weight is 289 g/mol. The SMILES string of the molecule is Cc1ccc2nc(CCl)n(CCCn3cccn3)c2c1. The van der Waals surface area contributed by atoms with E-state index in [1.807, 2.05) is 16.9 Å². The number of halogens is 1. The normalized spacial score (nSPS) is 11.3. The molecule has 104 valence electrons. The summed E-state index contributed by atoms with van der Waals surface area (Å²) in [5, 5.41) is 4.22. The molecular weight excluding hydrogens is 272 g/mol. The average Bonchev–Trinajstić information content (AvgIpc) is 3.07. The van der Waals surface area contributed by atoms with Crippen LogP contribution in [-0.2, 0) is 19.0 Å². The van der Waals surface area contributed by atoms with E-state index in [0.717, 1.165) is 30.9 Å². The number of rotatable bonds is 5. The Labute approximate surface area is 123 Å². The highest BCUT2D eigenvalue weighted by atomic mass is 35.5. The van der Waals surface area contributed by atoms with Gasteiger partial charge >= 0.3 is 0 Å². The number of benzene rings is 1. The summed E-state index contributed by atoms with van der Waals surface area (Å²) in [7, 11) is 0. The minimum Gasteiger partial charge on any atom is -0.327 e. The second-order valence-corrected chi connectivity index (χ2v) is 5.20. The van der Waals surface area contributed by atoms with Gasteiger partial charge in [-0.05, 0) is 37.1 Å². The molecule has 5 heteroatoms. The topological polar surface area (TPSA) is 35.6 Å². The van der Waals surface area contributed by atoms with Gasteiger partial charge in [0.05, 0.1) is 16.9 Å². The van der Waals surface area contributed by atoms with Crippen molar-refractivity contribution < 1.29 is 0 Å². The molecule has 3 aromatic rings. The monoisotopic (exact) mass is 288 g/mol. The van der Waals surface area contributed by atoms with E-state index in [4.69, 9.17) is 11.6 Å². The molecule has 0 spiro atoms. The van der Waals surface area contributed by atoms with E-state index in [9.17, 15) is 0 Å². The standard InChI is InChI=1S/C15H17ClN4/c1-12-4-5-13-14(10-12)20(15(11-16)18-13)9-3-8-19-7-2-6-17-19/h2,4-7,10H,3,8-9,11H2,1H3. The maximum atomic E-state index is 6.02. The van der Waals surface area contributed by atoms with Crippen molar-refractivity contribution in [2.45, 2.75) is 32.3 Å². The van der Waals surface area contributed by atoms with Crippen molar-refractivity contribution in [1.29, 1.82) is 0 Å². The summed E-state index contributed by atoms with van der Waals surface area (Å²) in [4.78, 5) is 4.60. The van der Waals surface area contributed by atoms with Crippen LogP contribution >= 0.6 is 11.6 Å². The van der Waals surface area contributed by atoms with Crippen molar-refractivity contribution in [2.75, 3.05) is 0 Å². The lowest BCUT2D eigenvalue weighted by molar-refractivity contribution is 0.526. The summed E-state index contributed by atoms with van der Waals surface area (Å²) in [6.45, 7) is 3.91. The molecule has 0 atom stereocenters. The third kappa shape index (κ3) is 2.56. The molecule has 0 saturated carbocycles. The molecule has 0 aliphatic rings. The number of fused-ring (bicyclic) bond motifs is 1. The first-order valence-corrected chi connectivity index (χ1v) is 7.30. The van der Waals surface area contributed by atoms with E-state index in [0.29, 0.717) is 5.88 Å². The van der Waals surface area contributed by atoms with Crippen LogP contribution in [0.4, 0.5) is 0 Å². The lowest BCUT2D eigenvalue weighted by Gasteiger charge is -2.08. The van der Waals surface area contributed by atoms with Gasteiger partial charge in [-0.2, -0.15) is 5.10 Å². The Hall–Kier alpha value is -1.81. The molecule has 4 nitrogen and oxygen atoms in total. The number of aromatic nitrogens is 4. The Morgan fingerprint density at radius 3 is 2.90 bits per heavy atom. The van der Waals surface area contributed by atoms with Crippen molar-refractivity contribution in [2.24, 2.45) is 0 Å². The van der Waals surface area contributed by atoms with E-state index in [1.165, 1.54) is 11.1 Å². The highest BCUT2D eigenvalue weighted by Gasteiger charge is 2.09. The van der Waals surface area contributed by atoms with Gasteiger partial charge < -0.3 is 4.57 Å². The van der Waals surface area contributed by atoms with Crippen LogP contribution in [0.2, 0.25) is 0 Å². The predicted octanol–water partition coefficient (Wildman–Crippen LogP) is 3.37. The smallest absolute Gasteiger partial charge is 0.124 e. The zero-order valence-corrected chi connectivity index (χ0v) is 12.2. The first-order valence-electron chi connectivity index (χ1n) is 6.77. The molecule has 2 heterocycles. The van der Waals surface area contributed by atoms with Crippen LogP contribution in [0.1, 0.15) is 17.8 Å². The molecule has 0 radical (unpaired) electrons. The lowest BCUT2D eigenvalue weighted by atomic mass is 10.2. The number of alkyl halides is 1. The lowest BCUT2D eigenvalue weighted by Crippen LogP contribution is -2.07. The maximum Gasteiger partial charge on any atom is 0.124 e. The number of nitrogens with zero attached hydrogens (tertiary/aromatic N) is 4. The summed E-state index contributed by atoms with van der Waals surface area (Å²) in [6, 6.07) is 8.26. The summed E-state index contributed by atoms with van der Waals surface area (Å²) in [5.74, 6) is 1.38. The van der Waals surface area contributed by atoms with Crippen LogP contribution in [0.15, 0.2) is 36.7 Å². The second-order valence-electron chi connectivity index (χ2n) is 4.93. The third-order valence-corrected chi connectivity index (χ3v) is 3.67. The van der Waals surface area contributed by atoms with Crippen molar-refractivity contribution in [3.63, 3.8) is 0 Å². The fraction of sp³-hybridized carbons (Fsp3) is 0.333. The van der Waals surface area contributed by atoms with Gasteiger partial charge in [0.1, 0.15) is 5.82 Å². The Kier molecular flexibility index (Phi) is 3.74. The van der Waals surface area contributed by atoms with E-state index in [-0.39, 0.29) is 0 Å². The minimum atomic E-state index is 0.440. The van der Waals surface area contributed by atoms with E-state index in [2.05, 4.69) is 39.8 Å². The van der Waals surface area contributed by atoms with Crippen molar-refractivity contribution in [1.82, 2.24) is 19.3 Å². The Bertz CT molecular complexity index is 700. The summed E-state index contributed by atoms with van der Waals surface area (Å²) in [5.41, 5.74) is 3.43. The molecular formula is C15H17ClN4. The number of aryl methyl sites for hydroxylation is 3. The van der Waals surface area contributed by atoms with Crippen LogP contribution in [0.3, 0.4) is 0 Å². The molecule has 20 heavy (non-hydrogen) atoms.